The van der Waals surface area contributed by atoms with Crippen LogP contribution in [-0.4, -0.2) is 30.1 Å². The first-order chi connectivity index (χ1) is 9.24. The highest BCUT2D eigenvalue weighted by Crippen LogP contribution is 2.28. The predicted molar refractivity (Wildman–Crippen MR) is 75.8 cm³/mol. The maximum atomic E-state index is 12.1. The van der Waals surface area contributed by atoms with Crippen LogP contribution < -0.4 is 0 Å². The Morgan fingerprint density at radius 1 is 1.37 bits per heavy atom. The minimum Gasteiger partial charge on any atom is -0.465 e. The van der Waals surface area contributed by atoms with Crippen LogP contribution >= 0.6 is 0 Å². The number of ether oxygens (including phenoxy) is 1. The molecule has 2 atom stereocenters. The molecule has 2 unspecified atom stereocenters. The third-order valence-electron chi connectivity index (χ3n) is 3.88. The average molecular weight is 261 g/mol. The molecule has 0 radical (unpaired) electrons. The fraction of sp³-hybridized carbons (Fsp3) is 0.562. The molecule has 0 N–H and O–H groups in total. The van der Waals surface area contributed by atoms with Crippen molar-refractivity contribution < 1.29 is 9.53 Å². The third kappa shape index (κ3) is 3.35. The molecule has 0 saturated carbocycles. The molecular weight excluding hydrogens is 238 g/mol. The lowest BCUT2D eigenvalue weighted by Gasteiger charge is -2.38. The molecule has 104 valence electrons. The third-order valence-corrected chi connectivity index (χ3v) is 3.88. The molecule has 1 heterocycles. The number of rotatable bonds is 4. The van der Waals surface area contributed by atoms with E-state index in [4.69, 9.17) is 4.74 Å². The Morgan fingerprint density at radius 2 is 2.11 bits per heavy atom. The van der Waals surface area contributed by atoms with Gasteiger partial charge in [0.25, 0.3) is 0 Å². The lowest BCUT2D eigenvalue weighted by atomic mass is 9.97. The van der Waals surface area contributed by atoms with E-state index in [1.165, 1.54) is 5.56 Å². The lowest BCUT2D eigenvalue weighted by molar-refractivity contribution is -0.152. The van der Waals surface area contributed by atoms with Crippen LogP contribution in [-0.2, 0) is 9.53 Å². The molecule has 0 spiro atoms. The Kier molecular flexibility index (Phi) is 4.97. The van der Waals surface area contributed by atoms with Gasteiger partial charge in [0.05, 0.1) is 6.61 Å². The number of esters is 1. The molecule has 1 saturated heterocycles. The first kappa shape index (κ1) is 14.1. The summed E-state index contributed by atoms with van der Waals surface area (Å²) in [7, 11) is 0. The van der Waals surface area contributed by atoms with Crippen molar-refractivity contribution in [2.45, 2.75) is 45.2 Å². The van der Waals surface area contributed by atoms with Crippen LogP contribution in [0.1, 0.15) is 44.7 Å². The SMILES string of the molecule is CCOC(=O)C1CCCCN1C(C)c1ccccc1. The zero-order valence-electron chi connectivity index (χ0n) is 11.8. The van der Waals surface area contributed by atoms with E-state index in [1.54, 1.807) is 0 Å². The molecule has 1 aromatic carbocycles. The highest BCUT2D eigenvalue weighted by Gasteiger charge is 2.33. The van der Waals surface area contributed by atoms with Gasteiger partial charge in [-0.3, -0.25) is 9.69 Å². The Hall–Kier alpha value is -1.35. The molecular formula is C16H23NO2. The summed E-state index contributed by atoms with van der Waals surface area (Å²) in [4.78, 5) is 14.4. The van der Waals surface area contributed by atoms with Crippen LogP contribution in [0.3, 0.4) is 0 Å². The van der Waals surface area contributed by atoms with Crippen LogP contribution in [0.4, 0.5) is 0 Å². The van der Waals surface area contributed by atoms with Gasteiger partial charge in [0.15, 0.2) is 0 Å². The van der Waals surface area contributed by atoms with Crippen LogP contribution in [0.5, 0.6) is 0 Å². The largest absolute Gasteiger partial charge is 0.465 e. The van der Waals surface area contributed by atoms with Gasteiger partial charge in [-0.05, 0) is 38.8 Å². The van der Waals surface area contributed by atoms with Crippen molar-refractivity contribution in [3.8, 4) is 0 Å². The van der Waals surface area contributed by atoms with Crippen LogP contribution in [0.25, 0.3) is 0 Å². The Balaban J connectivity index is 2.13. The molecule has 3 nitrogen and oxygen atoms in total. The van der Waals surface area contributed by atoms with Crippen molar-refractivity contribution in [1.29, 1.82) is 0 Å². The van der Waals surface area contributed by atoms with Gasteiger partial charge >= 0.3 is 5.97 Å². The van der Waals surface area contributed by atoms with E-state index >= 15 is 0 Å². The number of likely N-dealkylation sites (tertiary alicyclic amines) is 1. The second-order valence-corrected chi connectivity index (χ2v) is 5.09. The van der Waals surface area contributed by atoms with Gasteiger partial charge in [-0.15, -0.1) is 0 Å². The van der Waals surface area contributed by atoms with E-state index in [-0.39, 0.29) is 18.1 Å². The number of hydrogen-bond donors (Lipinski definition) is 0. The second-order valence-electron chi connectivity index (χ2n) is 5.09. The number of benzene rings is 1. The summed E-state index contributed by atoms with van der Waals surface area (Å²) >= 11 is 0. The highest BCUT2D eigenvalue weighted by atomic mass is 16.5. The van der Waals surface area contributed by atoms with Crippen molar-refractivity contribution in [1.82, 2.24) is 4.90 Å². The van der Waals surface area contributed by atoms with E-state index in [9.17, 15) is 4.79 Å². The van der Waals surface area contributed by atoms with Gasteiger partial charge in [0.2, 0.25) is 0 Å². The van der Waals surface area contributed by atoms with Crippen molar-refractivity contribution in [2.24, 2.45) is 0 Å². The van der Waals surface area contributed by atoms with Gasteiger partial charge in [-0.1, -0.05) is 36.8 Å². The molecule has 0 aliphatic carbocycles. The monoisotopic (exact) mass is 261 g/mol. The Bertz CT molecular complexity index is 404. The van der Waals surface area contributed by atoms with Crippen molar-refractivity contribution in [3.05, 3.63) is 35.9 Å². The van der Waals surface area contributed by atoms with E-state index < -0.39 is 0 Å². The van der Waals surface area contributed by atoms with E-state index in [1.807, 2.05) is 13.0 Å². The summed E-state index contributed by atoms with van der Waals surface area (Å²) < 4.78 is 5.22. The van der Waals surface area contributed by atoms with Gasteiger partial charge in [0.1, 0.15) is 6.04 Å². The average Bonchev–Trinajstić information content (AvgIpc) is 2.47. The molecule has 1 fully saturated rings. The minimum absolute atomic E-state index is 0.0648. The normalized spacial score (nSPS) is 21.9. The smallest absolute Gasteiger partial charge is 0.323 e. The molecule has 0 amide bonds. The zero-order valence-corrected chi connectivity index (χ0v) is 11.8. The Labute approximate surface area is 115 Å². The summed E-state index contributed by atoms with van der Waals surface area (Å²) in [5, 5.41) is 0. The van der Waals surface area contributed by atoms with Crippen LogP contribution in [0, 0.1) is 0 Å². The standard InChI is InChI=1S/C16H23NO2/c1-3-19-16(18)15-11-7-8-12-17(15)13(2)14-9-5-4-6-10-14/h4-6,9-10,13,15H,3,7-8,11-12H2,1-2H3. The van der Waals surface area contributed by atoms with Crippen LogP contribution in [0.15, 0.2) is 30.3 Å². The predicted octanol–water partition coefficient (Wildman–Crippen LogP) is 3.17. The Morgan fingerprint density at radius 3 is 2.79 bits per heavy atom. The quantitative estimate of drug-likeness (QED) is 0.780. The molecule has 3 heteroatoms. The van der Waals surface area contributed by atoms with Gasteiger partial charge < -0.3 is 4.74 Å². The fourth-order valence-corrected chi connectivity index (χ4v) is 2.83. The molecule has 2 rings (SSSR count). The van der Waals surface area contributed by atoms with Crippen LogP contribution in [0.2, 0.25) is 0 Å². The summed E-state index contributed by atoms with van der Waals surface area (Å²) in [6, 6.07) is 10.6. The molecule has 0 aromatic heterocycles. The number of piperidine rings is 1. The summed E-state index contributed by atoms with van der Waals surface area (Å²) in [5.74, 6) is -0.0648. The molecule has 0 bridgehead atoms. The molecule has 1 aliphatic heterocycles. The zero-order chi connectivity index (χ0) is 13.7. The van der Waals surface area contributed by atoms with Crippen molar-refractivity contribution in [2.75, 3.05) is 13.2 Å². The first-order valence-corrected chi connectivity index (χ1v) is 7.21. The first-order valence-electron chi connectivity index (χ1n) is 7.21. The van der Waals surface area contributed by atoms with E-state index in [0.29, 0.717) is 6.61 Å². The van der Waals surface area contributed by atoms with Crippen molar-refractivity contribution in [3.63, 3.8) is 0 Å². The number of hydrogen-bond acceptors (Lipinski definition) is 3. The van der Waals surface area contributed by atoms with E-state index in [2.05, 4.69) is 36.1 Å². The highest BCUT2D eigenvalue weighted by molar-refractivity contribution is 5.76. The minimum atomic E-state index is -0.0797. The summed E-state index contributed by atoms with van der Waals surface area (Å²) in [6.07, 6.45) is 3.19. The molecule has 1 aromatic rings. The summed E-state index contributed by atoms with van der Waals surface area (Å²) in [5.41, 5.74) is 1.26. The molecule has 1 aliphatic rings. The number of carbonyl (C=O) groups is 1. The van der Waals surface area contributed by atoms with Crippen molar-refractivity contribution >= 4 is 5.97 Å². The summed E-state index contributed by atoms with van der Waals surface area (Å²) in [6.45, 7) is 5.47. The number of carbonyl (C=O) groups excluding carboxylic acids is 1. The molecule has 19 heavy (non-hydrogen) atoms. The van der Waals surface area contributed by atoms with Gasteiger partial charge in [-0.25, -0.2) is 0 Å². The topological polar surface area (TPSA) is 29.5 Å². The van der Waals surface area contributed by atoms with Gasteiger partial charge in [-0.2, -0.15) is 0 Å². The maximum Gasteiger partial charge on any atom is 0.323 e. The van der Waals surface area contributed by atoms with E-state index in [0.717, 1.165) is 25.8 Å². The maximum absolute atomic E-state index is 12.1. The number of nitrogens with zero attached hydrogens (tertiary/aromatic N) is 1. The van der Waals surface area contributed by atoms with Gasteiger partial charge in [0, 0.05) is 6.04 Å². The fourth-order valence-electron chi connectivity index (χ4n) is 2.83. The second kappa shape index (κ2) is 6.71. The lowest BCUT2D eigenvalue weighted by Crippen LogP contribution is -2.46.